The maximum Gasteiger partial charge on any atom is 0.126 e. The molecule has 0 radical (unpaired) electrons. The van der Waals surface area contributed by atoms with Gasteiger partial charge in [-0.25, -0.2) is 4.39 Å². The van der Waals surface area contributed by atoms with E-state index in [0.29, 0.717) is 17.5 Å². The van der Waals surface area contributed by atoms with Crippen LogP contribution in [0.15, 0.2) is 18.2 Å². The number of rotatable bonds is 6. The summed E-state index contributed by atoms with van der Waals surface area (Å²) in [6.45, 7) is 3.71. The van der Waals surface area contributed by atoms with Crippen molar-refractivity contribution in [1.29, 1.82) is 0 Å². The molecule has 2 nitrogen and oxygen atoms in total. The highest BCUT2D eigenvalue weighted by Gasteiger charge is 2.17. The van der Waals surface area contributed by atoms with Gasteiger partial charge >= 0.3 is 0 Å². The van der Waals surface area contributed by atoms with E-state index >= 15 is 0 Å². The lowest BCUT2D eigenvalue weighted by atomic mass is 10.0. The van der Waals surface area contributed by atoms with Gasteiger partial charge in [0.15, 0.2) is 0 Å². The lowest BCUT2D eigenvalue weighted by molar-refractivity contribution is 0.144. The molecule has 1 saturated carbocycles. The molecule has 1 atom stereocenters. The van der Waals surface area contributed by atoms with Crippen molar-refractivity contribution in [3.8, 4) is 0 Å². The van der Waals surface area contributed by atoms with Crippen molar-refractivity contribution in [3.05, 3.63) is 35.1 Å². The van der Waals surface area contributed by atoms with Crippen LogP contribution in [0.3, 0.4) is 0 Å². The molecule has 0 aromatic heterocycles. The van der Waals surface area contributed by atoms with Crippen molar-refractivity contribution < 1.29 is 9.50 Å². The molecular weight excluding hydrogens is 253 g/mol. The Morgan fingerprint density at radius 3 is 2.70 bits per heavy atom. The minimum Gasteiger partial charge on any atom is -0.388 e. The van der Waals surface area contributed by atoms with Crippen molar-refractivity contribution in [2.75, 3.05) is 20.1 Å². The van der Waals surface area contributed by atoms with E-state index in [0.717, 1.165) is 19.0 Å². The molecule has 0 saturated heterocycles. The summed E-state index contributed by atoms with van der Waals surface area (Å²) in [6, 6.07) is 5.01. The van der Waals surface area contributed by atoms with Gasteiger partial charge in [-0.05, 0) is 56.3 Å². The topological polar surface area (TPSA) is 23.5 Å². The Bertz CT molecular complexity index is 429. The maximum absolute atomic E-state index is 13.5. The molecule has 20 heavy (non-hydrogen) atoms. The average molecular weight is 279 g/mol. The fraction of sp³-hybridized carbons (Fsp3) is 0.647. The summed E-state index contributed by atoms with van der Waals surface area (Å²) in [5, 5.41) is 10.2. The number of hydrogen-bond donors (Lipinski definition) is 1. The highest BCUT2D eigenvalue weighted by molar-refractivity contribution is 5.24. The van der Waals surface area contributed by atoms with Gasteiger partial charge in [0.05, 0.1) is 6.10 Å². The van der Waals surface area contributed by atoms with Crippen LogP contribution in [0.1, 0.15) is 49.3 Å². The smallest absolute Gasteiger partial charge is 0.126 e. The highest BCUT2D eigenvalue weighted by atomic mass is 19.1. The molecule has 0 bridgehead atoms. The number of halogens is 1. The molecular formula is C17H26FNO. The predicted octanol–water partition coefficient (Wildman–Crippen LogP) is 3.68. The van der Waals surface area contributed by atoms with Crippen molar-refractivity contribution in [1.82, 2.24) is 4.90 Å². The maximum atomic E-state index is 13.5. The average Bonchev–Trinajstić information content (AvgIpc) is 2.92. The van der Waals surface area contributed by atoms with Crippen LogP contribution in [-0.2, 0) is 0 Å². The van der Waals surface area contributed by atoms with Gasteiger partial charge in [0.25, 0.3) is 0 Å². The lowest BCUT2D eigenvalue weighted by Crippen LogP contribution is -2.26. The molecule has 1 N–H and O–H groups in total. The van der Waals surface area contributed by atoms with Gasteiger partial charge in [0, 0.05) is 13.1 Å². The molecule has 0 heterocycles. The first-order chi connectivity index (χ1) is 9.56. The van der Waals surface area contributed by atoms with E-state index in [9.17, 15) is 9.50 Å². The van der Waals surface area contributed by atoms with Crippen molar-refractivity contribution >= 4 is 0 Å². The molecule has 1 aliphatic rings. The zero-order chi connectivity index (χ0) is 14.5. The van der Waals surface area contributed by atoms with Crippen LogP contribution >= 0.6 is 0 Å². The predicted molar refractivity (Wildman–Crippen MR) is 80.2 cm³/mol. The van der Waals surface area contributed by atoms with Crippen LogP contribution in [0.5, 0.6) is 0 Å². The number of aliphatic hydroxyl groups excluding tert-OH is 1. The Kier molecular flexibility index (Phi) is 5.55. The molecule has 1 aromatic rings. The van der Waals surface area contributed by atoms with Gasteiger partial charge in [-0.1, -0.05) is 25.0 Å². The van der Waals surface area contributed by atoms with E-state index in [1.165, 1.54) is 31.7 Å². The Hall–Kier alpha value is -0.930. The molecule has 0 aliphatic heterocycles. The van der Waals surface area contributed by atoms with Crippen molar-refractivity contribution in [2.24, 2.45) is 5.92 Å². The third-order valence-electron chi connectivity index (χ3n) is 4.41. The first kappa shape index (κ1) is 15.5. The molecule has 0 spiro atoms. The zero-order valence-corrected chi connectivity index (χ0v) is 12.6. The molecule has 1 fully saturated rings. The Morgan fingerprint density at radius 2 is 2.05 bits per heavy atom. The minimum atomic E-state index is -0.573. The summed E-state index contributed by atoms with van der Waals surface area (Å²) in [6.07, 6.45) is 5.50. The summed E-state index contributed by atoms with van der Waals surface area (Å²) in [7, 11) is 2.11. The normalized spacial score (nSPS) is 17.9. The number of aryl methyl sites for hydroxylation is 1. The van der Waals surface area contributed by atoms with Gasteiger partial charge in [-0.15, -0.1) is 0 Å². The summed E-state index contributed by atoms with van der Waals surface area (Å²) in [5.74, 6) is 0.592. The summed E-state index contributed by atoms with van der Waals surface area (Å²) in [5.41, 5.74) is 1.31. The van der Waals surface area contributed by atoms with Crippen LogP contribution in [0, 0.1) is 18.7 Å². The largest absolute Gasteiger partial charge is 0.388 e. The van der Waals surface area contributed by atoms with E-state index < -0.39 is 6.10 Å². The molecule has 0 amide bonds. The zero-order valence-electron chi connectivity index (χ0n) is 12.6. The first-order valence-electron chi connectivity index (χ1n) is 7.69. The molecule has 1 aromatic carbocycles. The Balaban J connectivity index is 1.78. The number of aliphatic hydroxyl groups is 1. The SMILES string of the molecule is Cc1ccc(C(O)CCN(C)CC2CCCC2)cc1F. The second kappa shape index (κ2) is 7.19. The van der Waals surface area contributed by atoms with Gasteiger partial charge in [0.1, 0.15) is 5.82 Å². The minimum absolute atomic E-state index is 0.235. The van der Waals surface area contributed by atoms with E-state index in [1.807, 2.05) is 6.07 Å². The number of benzene rings is 1. The second-order valence-electron chi connectivity index (χ2n) is 6.23. The lowest BCUT2D eigenvalue weighted by Gasteiger charge is -2.22. The van der Waals surface area contributed by atoms with Gasteiger partial charge < -0.3 is 10.0 Å². The number of nitrogens with zero attached hydrogens (tertiary/aromatic N) is 1. The van der Waals surface area contributed by atoms with E-state index in [4.69, 9.17) is 0 Å². The monoisotopic (exact) mass is 279 g/mol. The highest BCUT2D eigenvalue weighted by Crippen LogP contribution is 2.25. The first-order valence-corrected chi connectivity index (χ1v) is 7.69. The van der Waals surface area contributed by atoms with E-state index in [1.54, 1.807) is 13.0 Å². The van der Waals surface area contributed by atoms with Crippen LogP contribution in [0.4, 0.5) is 4.39 Å². The molecule has 3 heteroatoms. The fourth-order valence-electron chi connectivity index (χ4n) is 3.05. The Morgan fingerprint density at radius 1 is 1.35 bits per heavy atom. The van der Waals surface area contributed by atoms with Gasteiger partial charge in [-0.3, -0.25) is 0 Å². The van der Waals surface area contributed by atoms with Gasteiger partial charge in [-0.2, -0.15) is 0 Å². The van der Waals surface area contributed by atoms with Crippen LogP contribution < -0.4 is 0 Å². The molecule has 1 unspecified atom stereocenters. The summed E-state index contributed by atoms with van der Waals surface area (Å²) < 4.78 is 13.5. The quantitative estimate of drug-likeness (QED) is 0.858. The second-order valence-corrected chi connectivity index (χ2v) is 6.23. The molecule has 2 rings (SSSR count). The van der Waals surface area contributed by atoms with Crippen molar-refractivity contribution in [3.63, 3.8) is 0 Å². The van der Waals surface area contributed by atoms with Crippen molar-refractivity contribution in [2.45, 2.75) is 45.1 Å². The molecule has 112 valence electrons. The number of hydrogen-bond acceptors (Lipinski definition) is 2. The standard InChI is InChI=1S/C17H26FNO/c1-13-7-8-15(11-16(13)18)17(20)9-10-19(2)12-14-5-3-4-6-14/h7-8,11,14,17,20H,3-6,9-10,12H2,1-2H3. The fourth-order valence-corrected chi connectivity index (χ4v) is 3.05. The molecule has 1 aliphatic carbocycles. The van der Waals surface area contributed by atoms with Gasteiger partial charge in [0.2, 0.25) is 0 Å². The van der Waals surface area contributed by atoms with E-state index in [-0.39, 0.29) is 5.82 Å². The Labute approximate surface area is 121 Å². The summed E-state index contributed by atoms with van der Waals surface area (Å²) in [4.78, 5) is 2.30. The van der Waals surface area contributed by atoms with E-state index in [2.05, 4.69) is 11.9 Å². The third-order valence-corrected chi connectivity index (χ3v) is 4.41. The summed E-state index contributed by atoms with van der Waals surface area (Å²) >= 11 is 0. The van der Waals surface area contributed by atoms with Crippen LogP contribution in [0.25, 0.3) is 0 Å². The third kappa shape index (κ3) is 4.29. The van der Waals surface area contributed by atoms with Crippen LogP contribution in [-0.4, -0.2) is 30.1 Å². The van der Waals surface area contributed by atoms with Crippen LogP contribution in [0.2, 0.25) is 0 Å².